The van der Waals surface area contributed by atoms with E-state index < -0.39 is 0 Å². The van der Waals surface area contributed by atoms with E-state index in [1.165, 1.54) is 32.1 Å². The smallest absolute Gasteiger partial charge is 0.246 e. The summed E-state index contributed by atoms with van der Waals surface area (Å²) in [6.07, 6.45) is 7.20. The number of hydrogen-bond acceptors (Lipinski definition) is 1. The molecule has 5 atom stereocenters. The second-order valence-corrected chi connectivity index (χ2v) is 6.40. The molecule has 0 heterocycles. The van der Waals surface area contributed by atoms with Crippen molar-refractivity contribution in [2.75, 3.05) is 6.54 Å². The van der Waals surface area contributed by atoms with Gasteiger partial charge in [-0.2, -0.15) is 0 Å². The van der Waals surface area contributed by atoms with Gasteiger partial charge in [0, 0.05) is 12.1 Å². The van der Waals surface area contributed by atoms with E-state index in [0.29, 0.717) is 5.57 Å². The maximum Gasteiger partial charge on any atom is 0.246 e. The molecular weight excluding hydrogens is 210 g/mol. The van der Waals surface area contributed by atoms with Crippen LogP contribution in [0, 0.1) is 29.6 Å². The zero-order valence-corrected chi connectivity index (χ0v) is 10.7. The average Bonchev–Trinajstić information content (AvgIpc) is 2.96. The molecule has 94 valence electrons. The number of carbonyl (C=O) groups excluding carboxylic acids is 1. The van der Waals surface area contributed by atoms with E-state index in [1.54, 1.807) is 6.92 Å². The maximum absolute atomic E-state index is 11.5. The highest BCUT2D eigenvalue weighted by atomic mass is 16.1. The van der Waals surface area contributed by atoms with Crippen molar-refractivity contribution >= 4 is 5.91 Å². The predicted octanol–water partition coefficient (Wildman–Crippen LogP) is 2.75. The third kappa shape index (κ3) is 1.82. The van der Waals surface area contributed by atoms with Crippen molar-refractivity contribution in [3.8, 4) is 0 Å². The van der Waals surface area contributed by atoms with Gasteiger partial charge in [-0.25, -0.2) is 0 Å². The van der Waals surface area contributed by atoms with E-state index in [2.05, 4.69) is 11.9 Å². The quantitative estimate of drug-likeness (QED) is 0.746. The Bertz CT molecular complexity index is 349. The summed E-state index contributed by atoms with van der Waals surface area (Å²) in [6, 6.07) is 0. The lowest BCUT2D eigenvalue weighted by molar-refractivity contribution is -0.117. The summed E-state index contributed by atoms with van der Waals surface area (Å²) in [6.45, 7) is 6.36. The van der Waals surface area contributed by atoms with Crippen LogP contribution in [0.4, 0.5) is 0 Å². The van der Waals surface area contributed by atoms with Gasteiger partial charge in [0.1, 0.15) is 0 Å². The number of carbonyl (C=O) groups is 1. The minimum absolute atomic E-state index is 0.0377. The Morgan fingerprint density at radius 3 is 2.76 bits per heavy atom. The van der Waals surface area contributed by atoms with Crippen molar-refractivity contribution in [2.24, 2.45) is 29.6 Å². The topological polar surface area (TPSA) is 29.1 Å². The fourth-order valence-corrected chi connectivity index (χ4v) is 4.82. The van der Waals surface area contributed by atoms with Crippen LogP contribution in [0.15, 0.2) is 12.2 Å². The Hall–Kier alpha value is -0.790. The van der Waals surface area contributed by atoms with Crippen LogP contribution in [-0.4, -0.2) is 12.5 Å². The first-order valence-corrected chi connectivity index (χ1v) is 7.10. The Labute approximate surface area is 104 Å². The summed E-state index contributed by atoms with van der Waals surface area (Å²) in [4.78, 5) is 11.5. The minimum Gasteiger partial charge on any atom is -0.352 e. The number of nitrogens with one attached hydrogen (secondary N) is 1. The van der Waals surface area contributed by atoms with Crippen LogP contribution in [0.25, 0.3) is 0 Å². The van der Waals surface area contributed by atoms with Gasteiger partial charge in [-0.3, -0.25) is 4.79 Å². The molecule has 0 aliphatic heterocycles. The largest absolute Gasteiger partial charge is 0.352 e. The first kappa shape index (κ1) is 11.3. The third-order valence-electron chi connectivity index (χ3n) is 5.48. The van der Waals surface area contributed by atoms with E-state index >= 15 is 0 Å². The summed E-state index contributed by atoms with van der Waals surface area (Å²) < 4.78 is 0. The van der Waals surface area contributed by atoms with Gasteiger partial charge in [-0.05, 0) is 62.2 Å². The number of rotatable bonds is 3. The van der Waals surface area contributed by atoms with Crippen LogP contribution in [0.1, 0.15) is 39.0 Å². The van der Waals surface area contributed by atoms with Gasteiger partial charge in [0.25, 0.3) is 0 Å². The molecule has 0 spiro atoms. The second-order valence-electron chi connectivity index (χ2n) is 6.40. The van der Waals surface area contributed by atoms with Crippen LogP contribution in [0.5, 0.6) is 0 Å². The van der Waals surface area contributed by atoms with Crippen LogP contribution >= 0.6 is 0 Å². The zero-order chi connectivity index (χ0) is 12.0. The highest BCUT2D eigenvalue weighted by molar-refractivity contribution is 5.92. The van der Waals surface area contributed by atoms with Crippen molar-refractivity contribution in [1.29, 1.82) is 0 Å². The number of hydrogen-bond donors (Lipinski definition) is 1. The molecule has 3 saturated carbocycles. The Kier molecular flexibility index (Phi) is 2.76. The Balaban J connectivity index is 1.57. The van der Waals surface area contributed by atoms with Gasteiger partial charge in [-0.15, -0.1) is 0 Å². The van der Waals surface area contributed by atoms with Crippen molar-refractivity contribution < 1.29 is 4.79 Å². The van der Waals surface area contributed by atoms with Gasteiger partial charge >= 0.3 is 0 Å². The molecule has 0 saturated heterocycles. The lowest BCUT2D eigenvalue weighted by Gasteiger charge is -2.31. The molecule has 2 heteroatoms. The van der Waals surface area contributed by atoms with E-state index in [9.17, 15) is 4.79 Å². The molecule has 2 nitrogen and oxygen atoms in total. The Morgan fingerprint density at radius 1 is 1.24 bits per heavy atom. The van der Waals surface area contributed by atoms with Crippen LogP contribution in [-0.2, 0) is 4.79 Å². The van der Waals surface area contributed by atoms with E-state index in [1.807, 2.05) is 0 Å². The summed E-state index contributed by atoms with van der Waals surface area (Å²) in [5, 5.41) is 3.05. The predicted molar refractivity (Wildman–Crippen MR) is 68.4 cm³/mol. The average molecular weight is 233 g/mol. The van der Waals surface area contributed by atoms with Gasteiger partial charge in [0.2, 0.25) is 5.91 Å². The van der Waals surface area contributed by atoms with Crippen LogP contribution in [0.2, 0.25) is 0 Å². The molecule has 3 fully saturated rings. The van der Waals surface area contributed by atoms with Crippen LogP contribution in [0.3, 0.4) is 0 Å². The fourth-order valence-electron chi connectivity index (χ4n) is 4.82. The Morgan fingerprint density at radius 2 is 2.00 bits per heavy atom. The molecule has 0 aromatic carbocycles. The van der Waals surface area contributed by atoms with Gasteiger partial charge in [0.15, 0.2) is 0 Å². The molecule has 0 radical (unpaired) electrons. The van der Waals surface area contributed by atoms with Crippen molar-refractivity contribution in [3.63, 3.8) is 0 Å². The summed E-state index contributed by atoms with van der Waals surface area (Å²) in [5.41, 5.74) is 0.631. The maximum atomic E-state index is 11.5. The summed E-state index contributed by atoms with van der Waals surface area (Å²) in [5.74, 6) is 4.74. The van der Waals surface area contributed by atoms with Crippen molar-refractivity contribution in [3.05, 3.63) is 12.2 Å². The summed E-state index contributed by atoms with van der Waals surface area (Å²) >= 11 is 0. The molecule has 5 unspecified atom stereocenters. The molecule has 3 aliphatic rings. The lowest BCUT2D eigenvalue weighted by Crippen LogP contribution is -2.35. The molecule has 3 rings (SSSR count). The highest BCUT2D eigenvalue weighted by Gasteiger charge is 2.53. The number of fused-ring (bicyclic) bond motifs is 5. The normalized spacial score (nSPS) is 42.5. The van der Waals surface area contributed by atoms with Gasteiger partial charge in [0.05, 0.1) is 0 Å². The fraction of sp³-hybridized carbons (Fsp3) is 0.800. The molecule has 0 aromatic rings. The van der Waals surface area contributed by atoms with Gasteiger partial charge < -0.3 is 5.32 Å². The molecule has 0 aromatic heterocycles. The van der Waals surface area contributed by atoms with Crippen molar-refractivity contribution in [2.45, 2.75) is 39.0 Å². The summed E-state index contributed by atoms with van der Waals surface area (Å²) in [7, 11) is 0. The van der Waals surface area contributed by atoms with E-state index in [-0.39, 0.29) is 5.91 Å². The third-order valence-corrected chi connectivity index (χ3v) is 5.48. The first-order valence-electron chi connectivity index (χ1n) is 7.10. The molecule has 1 N–H and O–H groups in total. The zero-order valence-electron chi connectivity index (χ0n) is 10.7. The van der Waals surface area contributed by atoms with E-state index in [4.69, 9.17) is 0 Å². The number of amides is 1. The first-order chi connectivity index (χ1) is 8.16. The lowest BCUT2D eigenvalue weighted by atomic mass is 9.76. The monoisotopic (exact) mass is 233 g/mol. The molecule has 2 bridgehead atoms. The molecule has 1 amide bonds. The van der Waals surface area contributed by atoms with Crippen molar-refractivity contribution in [1.82, 2.24) is 5.32 Å². The highest BCUT2D eigenvalue weighted by Crippen LogP contribution is 2.60. The molecule has 3 aliphatic carbocycles. The van der Waals surface area contributed by atoms with Gasteiger partial charge in [-0.1, -0.05) is 13.0 Å². The van der Waals surface area contributed by atoms with Crippen LogP contribution < -0.4 is 5.32 Å². The molecular formula is C15H23NO. The molecule has 17 heavy (non-hydrogen) atoms. The standard InChI is InChI=1S/C15H23NO/c1-9(2)15(17)16-8-11-6-10-7-14(11)13-5-3-4-12(10)13/h10-14H,1,3-8H2,2H3,(H,16,17). The minimum atomic E-state index is 0.0377. The second kappa shape index (κ2) is 4.15. The van der Waals surface area contributed by atoms with E-state index in [0.717, 1.165) is 36.1 Å². The SMILES string of the molecule is C=C(C)C(=O)NCC1CC2CC1C1CCCC21.